The van der Waals surface area contributed by atoms with Gasteiger partial charge in [0.25, 0.3) is 0 Å². The third-order valence-corrected chi connectivity index (χ3v) is 2.75. The van der Waals surface area contributed by atoms with Crippen LogP contribution >= 0.6 is 0 Å². The molecule has 0 amide bonds. The van der Waals surface area contributed by atoms with Gasteiger partial charge in [-0.05, 0) is 34.6 Å². The van der Waals surface area contributed by atoms with E-state index in [0.717, 1.165) is 0 Å². The fraction of sp³-hybridized carbons (Fsp3) is 0. The molecule has 0 bridgehead atoms. The topological polar surface area (TPSA) is 38.9 Å². The summed E-state index contributed by atoms with van der Waals surface area (Å²) in [6, 6.07) is 12.1. The molecule has 0 fully saturated rings. The Morgan fingerprint density at radius 3 is 1.53 bits per heavy atom. The summed E-state index contributed by atoms with van der Waals surface area (Å²) in [7, 11) is 0. The van der Waals surface area contributed by atoms with Crippen LogP contribution in [0.1, 0.15) is 0 Å². The Morgan fingerprint density at radius 1 is 0.684 bits per heavy atom. The van der Waals surface area contributed by atoms with Crippen LogP contribution in [0.4, 0.5) is 8.78 Å². The zero-order valence-corrected chi connectivity index (χ0v) is 9.68. The van der Waals surface area contributed by atoms with Crippen molar-refractivity contribution in [2.45, 2.75) is 0 Å². The maximum Gasteiger partial charge on any atom is 0.146 e. The third-order valence-electron chi connectivity index (χ3n) is 2.75. The van der Waals surface area contributed by atoms with Crippen LogP contribution in [-0.2, 0) is 0 Å². The summed E-state index contributed by atoms with van der Waals surface area (Å²) in [5.74, 6) is -0.924. The second kappa shape index (κ2) is 4.61. The molecule has 19 heavy (non-hydrogen) atoms. The largest absolute Gasteiger partial charge is 0.243 e. The van der Waals surface area contributed by atoms with Crippen LogP contribution in [-0.4, -0.2) is 10.3 Å². The van der Waals surface area contributed by atoms with Crippen molar-refractivity contribution < 1.29 is 13.4 Å². The Hall–Kier alpha value is -2.56. The zero-order chi connectivity index (χ0) is 13.2. The van der Waals surface area contributed by atoms with Crippen molar-refractivity contribution in [1.29, 1.82) is 0 Å². The highest BCUT2D eigenvalue weighted by Gasteiger charge is 2.19. The smallest absolute Gasteiger partial charge is 0.146 e. The molecule has 0 spiro atoms. The van der Waals surface area contributed by atoms with Crippen molar-refractivity contribution in [3.05, 3.63) is 60.2 Å². The molecule has 0 unspecified atom stereocenters. The molecule has 0 aliphatic heterocycles. The van der Waals surface area contributed by atoms with Crippen molar-refractivity contribution in [3.63, 3.8) is 0 Å². The summed E-state index contributed by atoms with van der Waals surface area (Å²) in [4.78, 5) is 0. The minimum absolute atomic E-state index is 0.184. The summed E-state index contributed by atoms with van der Waals surface area (Å²) < 4.78 is 32.1. The molecule has 1 aromatic heterocycles. The highest BCUT2D eigenvalue weighted by molar-refractivity contribution is 5.77. The van der Waals surface area contributed by atoms with Crippen molar-refractivity contribution >= 4 is 0 Å². The zero-order valence-electron chi connectivity index (χ0n) is 9.68. The number of benzene rings is 2. The second-order valence-corrected chi connectivity index (χ2v) is 3.92. The molecule has 0 aliphatic carbocycles. The SMILES string of the molecule is Fc1ccccc1-c1nonc1-c1ccccc1F. The highest BCUT2D eigenvalue weighted by atomic mass is 19.1. The summed E-state index contributed by atoms with van der Waals surface area (Å²) in [6.07, 6.45) is 0. The Bertz CT molecular complexity index is 665. The number of halogens is 2. The van der Waals surface area contributed by atoms with Crippen molar-refractivity contribution in [2.75, 3.05) is 0 Å². The Labute approximate surface area is 107 Å². The van der Waals surface area contributed by atoms with E-state index in [9.17, 15) is 8.78 Å². The lowest BCUT2D eigenvalue weighted by Crippen LogP contribution is -1.89. The maximum atomic E-state index is 13.7. The number of nitrogens with zero attached hydrogens (tertiary/aromatic N) is 2. The van der Waals surface area contributed by atoms with E-state index in [1.54, 1.807) is 36.4 Å². The normalized spacial score (nSPS) is 10.6. The van der Waals surface area contributed by atoms with Gasteiger partial charge < -0.3 is 0 Å². The molecule has 3 nitrogen and oxygen atoms in total. The highest BCUT2D eigenvalue weighted by Crippen LogP contribution is 2.31. The monoisotopic (exact) mass is 258 g/mol. The fourth-order valence-electron chi connectivity index (χ4n) is 1.85. The molecule has 3 rings (SSSR count). The predicted octanol–water partition coefficient (Wildman–Crippen LogP) is 3.68. The van der Waals surface area contributed by atoms with Gasteiger partial charge in [-0.1, -0.05) is 24.3 Å². The standard InChI is InChI=1S/C14H8F2N2O/c15-11-7-3-1-5-9(11)13-14(18-19-17-13)10-6-2-4-8-12(10)16/h1-8H. The van der Waals surface area contributed by atoms with Gasteiger partial charge in [-0.2, -0.15) is 0 Å². The van der Waals surface area contributed by atoms with E-state index in [2.05, 4.69) is 14.9 Å². The molecular formula is C14H8F2N2O. The molecule has 94 valence electrons. The summed E-state index contributed by atoms with van der Waals surface area (Å²) >= 11 is 0. The van der Waals surface area contributed by atoms with E-state index in [1.807, 2.05) is 0 Å². The van der Waals surface area contributed by atoms with E-state index in [1.165, 1.54) is 12.1 Å². The molecule has 0 saturated carbocycles. The Kier molecular flexibility index (Phi) is 2.79. The van der Waals surface area contributed by atoms with Gasteiger partial charge in [-0.15, -0.1) is 0 Å². The molecule has 0 atom stereocenters. The van der Waals surface area contributed by atoms with E-state index < -0.39 is 11.6 Å². The molecule has 0 aliphatic rings. The Balaban J connectivity index is 2.20. The quantitative estimate of drug-likeness (QED) is 0.703. The van der Waals surface area contributed by atoms with Crippen molar-refractivity contribution in [2.24, 2.45) is 0 Å². The van der Waals surface area contributed by atoms with E-state index in [0.29, 0.717) is 0 Å². The van der Waals surface area contributed by atoms with Gasteiger partial charge in [0, 0.05) is 11.1 Å². The lowest BCUT2D eigenvalue weighted by Gasteiger charge is -2.02. The molecular weight excluding hydrogens is 250 g/mol. The second-order valence-electron chi connectivity index (χ2n) is 3.92. The summed E-state index contributed by atoms with van der Waals surface area (Å²) in [6.45, 7) is 0. The van der Waals surface area contributed by atoms with E-state index in [-0.39, 0.29) is 22.5 Å². The minimum Gasteiger partial charge on any atom is -0.243 e. The predicted molar refractivity (Wildman–Crippen MR) is 65.1 cm³/mol. The molecule has 3 aromatic rings. The average Bonchev–Trinajstić information content (AvgIpc) is 2.89. The van der Waals surface area contributed by atoms with Crippen LogP contribution in [0.3, 0.4) is 0 Å². The van der Waals surface area contributed by atoms with Crippen molar-refractivity contribution in [3.8, 4) is 22.5 Å². The molecule has 0 N–H and O–H groups in total. The van der Waals surface area contributed by atoms with Crippen LogP contribution in [0.2, 0.25) is 0 Å². The number of rotatable bonds is 2. The van der Waals surface area contributed by atoms with Crippen LogP contribution in [0.15, 0.2) is 53.2 Å². The molecule has 1 heterocycles. The van der Waals surface area contributed by atoms with Gasteiger partial charge in [0.05, 0.1) is 0 Å². The third kappa shape index (κ3) is 1.99. The first-order valence-electron chi connectivity index (χ1n) is 5.60. The molecule has 2 aromatic carbocycles. The number of hydrogen-bond donors (Lipinski definition) is 0. The first-order valence-corrected chi connectivity index (χ1v) is 5.60. The fourth-order valence-corrected chi connectivity index (χ4v) is 1.85. The van der Waals surface area contributed by atoms with E-state index >= 15 is 0 Å². The molecule has 5 heteroatoms. The lowest BCUT2D eigenvalue weighted by molar-refractivity contribution is 0.309. The number of aromatic nitrogens is 2. The van der Waals surface area contributed by atoms with Crippen molar-refractivity contribution in [1.82, 2.24) is 10.3 Å². The van der Waals surface area contributed by atoms with Crippen LogP contribution in [0.25, 0.3) is 22.5 Å². The van der Waals surface area contributed by atoms with Crippen LogP contribution in [0.5, 0.6) is 0 Å². The minimum atomic E-state index is -0.462. The Morgan fingerprint density at radius 2 is 1.11 bits per heavy atom. The van der Waals surface area contributed by atoms with Gasteiger partial charge in [-0.3, -0.25) is 0 Å². The summed E-state index contributed by atoms with van der Waals surface area (Å²) in [5, 5.41) is 7.34. The number of hydrogen-bond acceptors (Lipinski definition) is 3. The maximum absolute atomic E-state index is 13.7. The first kappa shape index (κ1) is 11.5. The first-order chi connectivity index (χ1) is 9.27. The average molecular weight is 258 g/mol. The lowest BCUT2D eigenvalue weighted by atomic mass is 10.0. The van der Waals surface area contributed by atoms with Crippen LogP contribution in [0, 0.1) is 11.6 Å². The summed E-state index contributed by atoms with van der Waals surface area (Å²) in [5.41, 5.74) is 0.815. The van der Waals surface area contributed by atoms with Gasteiger partial charge in [0.2, 0.25) is 0 Å². The van der Waals surface area contributed by atoms with Gasteiger partial charge >= 0.3 is 0 Å². The van der Waals surface area contributed by atoms with Gasteiger partial charge in [0.1, 0.15) is 23.0 Å². The van der Waals surface area contributed by atoms with Gasteiger partial charge in [0.15, 0.2) is 0 Å². The van der Waals surface area contributed by atoms with Gasteiger partial charge in [-0.25, -0.2) is 13.4 Å². The van der Waals surface area contributed by atoms with Crippen LogP contribution < -0.4 is 0 Å². The van der Waals surface area contributed by atoms with E-state index in [4.69, 9.17) is 0 Å². The molecule has 0 saturated heterocycles. The molecule has 0 radical (unpaired) electrons.